The minimum absolute atomic E-state index is 0.175. The van der Waals surface area contributed by atoms with E-state index in [1.807, 2.05) is 0 Å². The number of hydrogen-bond donors (Lipinski definition) is 1. The van der Waals surface area contributed by atoms with E-state index in [4.69, 9.17) is 4.74 Å². The molecule has 1 N–H and O–H groups in total. The Bertz CT molecular complexity index is 849. The highest BCUT2D eigenvalue weighted by Gasteiger charge is 2.35. The number of ketones is 1. The molecule has 3 rings (SSSR count). The van der Waals surface area contributed by atoms with Gasteiger partial charge in [0.2, 0.25) is 10.9 Å². The lowest BCUT2D eigenvalue weighted by molar-refractivity contribution is -0.114. The van der Waals surface area contributed by atoms with Gasteiger partial charge in [-0.3, -0.25) is 9.59 Å². The quantitative estimate of drug-likeness (QED) is 0.523. The van der Waals surface area contributed by atoms with Gasteiger partial charge in [-0.1, -0.05) is 42.5 Å². The minimum Gasteiger partial charge on any atom is -0.506 e. The van der Waals surface area contributed by atoms with Crippen molar-refractivity contribution in [3.63, 3.8) is 0 Å². The Morgan fingerprint density at radius 3 is 2.33 bits per heavy atom. The third kappa shape index (κ3) is 3.12. The fraction of sp³-hybridized carbons (Fsp3) is 0.0526. The van der Waals surface area contributed by atoms with Crippen molar-refractivity contribution >= 4 is 34.5 Å². The highest BCUT2D eigenvalue weighted by molar-refractivity contribution is 8.19. The van der Waals surface area contributed by atoms with Crippen LogP contribution in [0.15, 0.2) is 65.1 Å². The first-order valence-electron chi connectivity index (χ1n) is 7.21. The highest BCUT2D eigenvalue weighted by atomic mass is 32.2. The number of thioether (sulfide) groups is 1. The fourth-order valence-corrected chi connectivity index (χ4v) is 3.19. The standard InChI is InChI=1S/C19H14O4S/c1-23-14-9-7-12(8-10-14)11-15-18(21)16(19(22)24-15)17(20)13-5-3-2-4-6-13/h2-11,20H,1H3/b15-11-,17-16-. The summed E-state index contributed by atoms with van der Waals surface area (Å²) in [6, 6.07) is 15.7. The number of ether oxygens (including phenoxy) is 1. The third-order valence-electron chi connectivity index (χ3n) is 3.56. The Balaban J connectivity index is 1.95. The number of methoxy groups -OCH3 is 1. The summed E-state index contributed by atoms with van der Waals surface area (Å²) in [5.74, 6) is -0.0284. The number of benzene rings is 2. The highest BCUT2D eigenvalue weighted by Crippen LogP contribution is 2.37. The zero-order chi connectivity index (χ0) is 17.1. The SMILES string of the molecule is COc1ccc(/C=C2\SC(=O)/C(=C(\O)c3ccccc3)C2=O)cc1. The van der Waals surface area contributed by atoms with Crippen LogP contribution in [0.5, 0.6) is 5.75 Å². The molecule has 0 radical (unpaired) electrons. The van der Waals surface area contributed by atoms with Gasteiger partial charge in [-0.2, -0.15) is 0 Å². The van der Waals surface area contributed by atoms with Crippen LogP contribution in [0.4, 0.5) is 0 Å². The molecular formula is C19H14O4S. The first-order valence-corrected chi connectivity index (χ1v) is 8.03. The van der Waals surface area contributed by atoms with E-state index in [0.717, 1.165) is 17.3 Å². The summed E-state index contributed by atoms with van der Waals surface area (Å²) in [4.78, 5) is 25.0. The van der Waals surface area contributed by atoms with E-state index in [2.05, 4.69) is 0 Å². The van der Waals surface area contributed by atoms with E-state index in [1.165, 1.54) is 0 Å². The van der Waals surface area contributed by atoms with Crippen molar-refractivity contribution in [2.24, 2.45) is 0 Å². The third-order valence-corrected chi connectivity index (χ3v) is 4.47. The van der Waals surface area contributed by atoms with Crippen molar-refractivity contribution in [3.05, 3.63) is 76.2 Å². The topological polar surface area (TPSA) is 63.6 Å². The summed E-state index contributed by atoms with van der Waals surface area (Å²) in [5, 5.41) is 9.85. The molecule has 2 aromatic carbocycles. The first-order chi connectivity index (χ1) is 11.6. The molecule has 1 heterocycles. The van der Waals surface area contributed by atoms with Crippen LogP contribution in [0.2, 0.25) is 0 Å². The number of aliphatic hydroxyl groups excluding tert-OH is 1. The molecule has 1 aliphatic heterocycles. The molecule has 1 aliphatic rings. The molecule has 2 aromatic rings. The molecule has 0 aliphatic carbocycles. The predicted octanol–water partition coefficient (Wildman–Crippen LogP) is 3.85. The number of hydrogen-bond acceptors (Lipinski definition) is 5. The molecule has 0 unspecified atom stereocenters. The van der Waals surface area contributed by atoms with Crippen molar-refractivity contribution in [3.8, 4) is 5.75 Å². The molecule has 0 atom stereocenters. The van der Waals surface area contributed by atoms with Crippen molar-refractivity contribution in [1.82, 2.24) is 0 Å². The van der Waals surface area contributed by atoms with E-state index >= 15 is 0 Å². The molecule has 24 heavy (non-hydrogen) atoms. The zero-order valence-electron chi connectivity index (χ0n) is 12.9. The first kappa shape index (κ1) is 16.1. The van der Waals surface area contributed by atoms with Crippen LogP contribution >= 0.6 is 11.8 Å². The minimum atomic E-state index is -0.456. The van der Waals surface area contributed by atoms with Crippen LogP contribution in [0.3, 0.4) is 0 Å². The lowest BCUT2D eigenvalue weighted by Crippen LogP contribution is -2.04. The molecule has 1 saturated heterocycles. The Kier molecular flexibility index (Phi) is 4.53. The number of aliphatic hydroxyl groups is 1. The average molecular weight is 338 g/mol. The normalized spacial score (nSPS) is 18.1. The summed E-state index contributed by atoms with van der Waals surface area (Å²) in [7, 11) is 1.58. The van der Waals surface area contributed by atoms with E-state index < -0.39 is 10.9 Å². The van der Waals surface area contributed by atoms with Crippen LogP contribution in [-0.2, 0) is 9.59 Å². The van der Waals surface area contributed by atoms with Gasteiger partial charge in [-0.05, 0) is 35.5 Å². The van der Waals surface area contributed by atoms with Gasteiger partial charge in [0.05, 0.1) is 12.0 Å². The van der Waals surface area contributed by atoms with Gasteiger partial charge in [0.15, 0.2) is 0 Å². The molecule has 5 heteroatoms. The second-order valence-corrected chi connectivity index (χ2v) is 6.10. The fourth-order valence-electron chi connectivity index (χ4n) is 2.30. The van der Waals surface area contributed by atoms with E-state index in [0.29, 0.717) is 16.2 Å². The van der Waals surface area contributed by atoms with Crippen LogP contribution in [0.1, 0.15) is 11.1 Å². The van der Waals surface area contributed by atoms with E-state index in [9.17, 15) is 14.7 Å². The predicted molar refractivity (Wildman–Crippen MR) is 94.6 cm³/mol. The molecule has 0 aromatic heterocycles. The number of Topliss-reactive ketones (excluding diaryl/α,β-unsaturated/α-hetero) is 1. The number of carbonyl (C=O) groups is 2. The van der Waals surface area contributed by atoms with Crippen molar-refractivity contribution in [2.45, 2.75) is 0 Å². The Morgan fingerprint density at radius 2 is 1.71 bits per heavy atom. The molecule has 0 amide bonds. The molecule has 0 saturated carbocycles. The molecule has 1 fully saturated rings. The number of allylic oxidation sites excluding steroid dienone is 1. The van der Waals surface area contributed by atoms with Gasteiger partial charge >= 0.3 is 0 Å². The lowest BCUT2D eigenvalue weighted by atomic mass is 10.0. The average Bonchev–Trinajstić information content (AvgIpc) is 2.89. The molecule has 4 nitrogen and oxygen atoms in total. The van der Waals surface area contributed by atoms with Crippen molar-refractivity contribution in [1.29, 1.82) is 0 Å². The zero-order valence-corrected chi connectivity index (χ0v) is 13.7. The van der Waals surface area contributed by atoms with Crippen LogP contribution in [0.25, 0.3) is 11.8 Å². The lowest BCUT2D eigenvalue weighted by Gasteiger charge is -2.02. The second-order valence-electron chi connectivity index (χ2n) is 5.09. The van der Waals surface area contributed by atoms with Crippen LogP contribution in [-0.4, -0.2) is 23.1 Å². The summed E-state index contributed by atoms with van der Waals surface area (Å²) in [6.45, 7) is 0. The molecular weight excluding hydrogens is 324 g/mol. The Hall–Kier alpha value is -2.79. The number of rotatable bonds is 3. The van der Waals surface area contributed by atoms with Gasteiger partial charge in [-0.25, -0.2) is 0 Å². The summed E-state index contributed by atoms with van der Waals surface area (Å²) < 4.78 is 5.09. The molecule has 0 spiro atoms. The molecule has 120 valence electrons. The maximum atomic E-state index is 12.5. The Labute approximate surface area is 143 Å². The maximum Gasteiger partial charge on any atom is 0.232 e. The molecule has 0 bridgehead atoms. The monoisotopic (exact) mass is 338 g/mol. The van der Waals surface area contributed by atoms with Gasteiger partial charge in [0.1, 0.15) is 17.1 Å². The smallest absolute Gasteiger partial charge is 0.232 e. The van der Waals surface area contributed by atoms with Crippen LogP contribution in [0, 0.1) is 0 Å². The van der Waals surface area contributed by atoms with Gasteiger partial charge in [0.25, 0.3) is 0 Å². The Morgan fingerprint density at radius 1 is 1.04 bits per heavy atom. The van der Waals surface area contributed by atoms with Crippen molar-refractivity contribution in [2.75, 3.05) is 7.11 Å². The van der Waals surface area contributed by atoms with Crippen molar-refractivity contribution < 1.29 is 19.4 Å². The van der Waals surface area contributed by atoms with E-state index in [1.54, 1.807) is 67.8 Å². The number of carbonyl (C=O) groups excluding carboxylic acids is 2. The summed E-state index contributed by atoms with van der Waals surface area (Å²) in [6.07, 6.45) is 1.63. The summed E-state index contributed by atoms with van der Waals surface area (Å²) >= 11 is 0.833. The van der Waals surface area contributed by atoms with Gasteiger partial charge < -0.3 is 9.84 Å². The summed E-state index contributed by atoms with van der Waals surface area (Å²) in [5.41, 5.74) is 1.05. The van der Waals surface area contributed by atoms with Gasteiger partial charge in [0, 0.05) is 5.56 Å². The largest absolute Gasteiger partial charge is 0.506 e. The van der Waals surface area contributed by atoms with Gasteiger partial charge in [-0.15, -0.1) is 0 Å². The van der Waals surface area contributed by atoms with Crippen LogP contribution < -0.4 is 4.74 Å². The maximum absolute atomic E-state index is 12.5. The second kappa shape index (κ2) is 6.76. The van der Waals surface area contributed by atoms with E-state index in [-0.39, 0.29) is 11.3 Å².